The van der Waals surface area contributed by atoms with Gasteiger partial charge in [-0.05, 0) is 5.56 Å². The van der Waals surface area contributed by atoms with Crippen molar-refractivity contribution >= 4 is 0 Å². The largest absolute Gasteiger partial charge is 0.376 e. The van der Waals surface area contributed by atoms with Crippen LogP contribution in [-0.2, 0) is 25.6 Å². The van der Waals surface area contributed by atoms with E-state index < -0.39 is 0 Å². The lowest BCUT2D eigenvalue weighted by Crippen LogP contribution is -2.39. The van der Waals surface area contributed by atoms with Gasteiger partial charge in [0.05, 0.1) is 13.2 Å². The van der Waals surface area contributed by atoms with E-state index >= 15 is 0 Å². The number of rotatable bonds is 4. The van der Waals surface area contributed by atoms with E-state index in [9.17, 15) is 0 Å². The van der Waals surface area contributed by atoms with Gasteiger partial charge in [0.25, 0.3) is 0 Å². The molecule has 0 amide bonds. The van der Waals surface area contributed by atoms with Gasteiger partial charge < -0.3 is 18.9 Å². The van der Waals surface area contributed by atoms with Gasteiger partial charge in [0.2, 0.25) is 0 Å². The van der Waals surface area contributed by atoms with Gasteiger partial charge in [0.15, 0.2) is 6.29 Å². The van der Waals surface area contributed by atoms with E-state index in [0.717, 1.165) is 5.56 Å². The number of benzene rings is 1. The summed E-state index contributed by atoms with van der Waals surface area (Å²) in [5, 5.41) is 0. The normalized spacial score (nSPS) is 35.4. The Labute approximate surface area is 100 Å². The highest BCUT2D eigenvalue weighted by Gasteiger charge is 2.55. The van der Waals surface area contributed by atoms with Gasteiger partial charge in [0.1, 0.15) is 18.3 Å². The van der Waals surface area contributed by atoms with E-state index in [4.69, 9.17) is 18.9 Å². The Morgan fingerprint density at radius 2 is 2.06 bits per heavy atom. The van der Waals surface area contributed by atoms with Gasteiger partial charge in [0, 0.05) is 7.11 Å². The molecular formula is C13H16O4. The molecule has 0 radical (unpaired) electrons. The van der Waals surface area contributed by atoms with Gasteiger partial charge in [-0.1, -0.05) is 30.3 Å². The molecule has 2 aliphatic heterocycles. The summed E-state index contributed by atoms with van der Waals surface area (Å²) in [5.74, 6) is 0. The quantitative estimate of drug-likeness (QED) is 0.740. The number of epoxide rings is 1. The van der Waals surface area contributed by atoms with E-state index in [-0.39, 0.29) is 24.6 Å². The third-order valence-electron chi connectivity index (χ3n) is 3.18. The molecule has 17 heavy (non-hydrogen) atoms. The molecule has 1 aromatic rings. The number of hydrogen-bond donors (Lipinski definition) is 0. The first-order valence-electron chi connectivity index (χ1n) is 5.84. The fourth-order valence-electron chi connectivity index (χ4n) is 2.13. The summed E-state index contributed by atoms with van der Waals surface area (Å²) in [6, 6.07) is 10.1. The molecule has 2 saturated heterocycles. The lowest BCUT2D eigenvalue weighted by Gasteiger charge is -2.24. The maximum absolute atomic E-state index is 5.71. The van der Waals surface area contributed by atoms with Crippen molar-refractivity contribution in [2.24, 2.45) is 0 Å². The van der Waals surface area contributed by atoms with Crippen LogP contribution >= 0.6 is 0 Å². The molecule has 0 aromatic heterocycles. The van der Waals surface area contributed by atoms with Crippen LogP contribution in [0.3, 0.4) is 0 Å². The maximum atomic E-state index is 5.71. The Kier molecular flexibility index (Phi) is 3.11. The van der Waals surface area contributed by atoms with Crippen LogP contribution in [0.25, 0.3) is 0 Å². The first kappa shape index (κ1) is 11.2. The van der Waals surface area contributed by atoms with Crippen LogP contribution in [0.2, 0.25) is 0 Å². The van der Waals surface area contributed by atoms with Crippen molar-refractivity contribution in [3.05, 3.63) is 35.9 Å². The molecule has 92 valence electrons. The van der Waals surface area contributed by atoms with Crippen molar-refractivity contribution in [3.63, 3.8) is 0 Å². The molecule has 4 atom stereocenters. The predicted octanol–water partition coefficient (Wildman–Crippen LogP) is 1.34. The van der Waals surface area contributed by atoms with Gasteiger partial charge >= 0.3 is 0 Å². The van der Waals surface area contributed by atoms with Crippen molar-refractivity contribution in [2.45, 2.75) is 31.2 Å². The van der Waals surface area contributed by atoms with Crippen LogP contribution in [0.5, 0.6) is 0 Å². The second-order valence-corrected chi connectivity index (χ2v) is 4.34. The van der Waals surface area contributed by atoms with Crippen LogP contribution in [0, 0.1) is 0 Å². The van der Waals surface area contributed by atoms with Crippen LogP contribution in [-0.4, -0.2) is 38.3 Å². The van der Waals surface area contributed by atoms with Crippen LogP contribution < -0.4 is 0 Å². The summed E-state index contributed by atoms with van der Waals surface area (Å²) in [6.07, 6.45) is -0.0184. The molecule has 0 aliphatic carbocycles. The lowest BCUT2D eigenvalue weighted by molar-refractivity contribution is -0.185. The highest BCUT2D eigenvalue weighted by Crippen LogP contribution is 2.36. The minimum atomic E-state index is -0.258. The predicted molar refractivity (Wildman–Crippen MR) is 60.4 cm³/mol. The number of ether oxygens (including phenoxy) is 4. The zero-order valence-corrected chi connectivity index (χ0v) is 9.74. The fraction of sp³-hybridized carbons (Fsp3) is 0.538. The Bertz CT molecular complexity index is 367. The van der Waals surface area contributed by atoms with Crippen LogP contribution in [0.15, 0.2) is 30.3 Å². The molecule has 0 spiro atoms. The Hall–Kier alpha value is -0.940. The van der Waals surface area contributed by atoms with Gasteiger partial charge in [-0.15, -0.1) is 0 Å². The Morgan fingerprint density at radius 1 is 1.24 bits per heavy atom. The van der Waals surface area contributed by atoms with E-state index in [1.807, 2.05) is 30.3 Å². The first-order chi connectivity index (χ1) is 8.38. The number of fused-ring (bicyclic) bond motifs is 1. The average molecular weight is 236 g/mol. The molecule has 4 heteroatoms. The highest BCUT2D eigenvalue weighted by molar-refractivity contribution is 5.13. The van der Waals surface area contributed by atoms with Crippen molar-refractivity contribution in [1.82, 2.24) is 0 Å². The highest BCUT2D eigenvalue weighted by atomic mass is 16.7. The van der Waals surface area contributed by atoms with Crippen molar-refractivity contribution in [1.29, 1.82) is 0 Å². The van der Waals surface area contributed by atoms with Crippen molar-refractivity contribution in [2.75, 3.05) is 13.7 Å². The monoisotopic (exact) mass is 236 g/mol. The third-order valence-corrected chi connectivity index (χ3v) is 3.18. The zero-order valence-electron chi connectivity index (χ0n) is 9.74. The smallest absolute Gasteiger partial charge is 0.186 e. The molecule has 0 unspecified atom stereocenters. The van der Waals surface area contributed by atoms with E-state index in [1.165, 1.54) is 0 Å². The van der Waals surface area contributed by atoms with E-state index in [0.29, 0.717) is 13.2 Å². The molecule has 2 fully saturated rings. The molecular weight excluding hydrogens is 220 g/mol. The van der Waals surface area contributed by atoms with Crippen molar-refractivity contribution in [3.8, 4) is 0 Å². The Morgan fingerprint density at radius 3 is 2.82 bits per heavy atom. The average Bonchev–Trinajstić information content (AvgIpc) is 3.17. The standard InChI is InChI=1S/C13H16O4/c1-14-10-8-16-13(12-11(10)17-12)15-7-9-5-3-2-4-6-9/h2-6,10-13H,7-8H2,1H3/t10-,11-,12-,13-/m1/s1. The zero-order chi connectivity index (χ0) is 11.7. The summed E-state index contributed by atoms with van der Waals surface area (Å²) in [4.78, 5) is 0. The summed E-state index contributed by atoms with van der Waals surface area (Å²) in [5.41, 5.74) is 1.14. The summed E-state index contributed by atoms with van der Waals surface area (Å²) in [6.45, 7) is 1.09. The van der Waals surface area contributed by atoms with E-state index in [2.05, 4.69) is 0 Å². The third kappa shape index (κ3) is 2.35. The molecule has 1 aromatic carbocycles. The second-order valence-electron chi connectivity index (χ2n) is 4.34. The van der Waals surface area contributed by atoms with Crippen LogP contribution in [0.1, 0.15) is 5.56 Å². The van der Waals surface area contributed by atoms with E-state index in [1.54, 1.807) is 7.11 Å². The molecule has 4 nitrogen and oxygen atoms in total. The molecule has 0 saturated carbocycles. The van der Waals surface area contributed by atoms with Gasteiger partial charge in [-0.2, -0.15) is 0 Å². The molecule has 0 N–H and O–H groups in total. The SMILES string of the molecule is CO[C@@H]1CO[C@@H](OCc2ccccc2)[C@@H]2O[C@@H]21. The molecule has 2 aliphatic rings. The molecule has 0 bridgehead atoms. The Balaban J connectivity index is 1.51. The summed E-state index contributed by atoms with van der Waals surface area (Å²) in [7, 11) is 1.68. The maximum Gasteiger partial charge on any atom is 0.186 e. The lowest BCUT2D eigenvalue weighted by atomic mass is 10.1. The minimum absolute atomic E-state index is 0.0393. The minimum Gasteiger partial charge on any atom is -0.376 e. The van der Waals surface area contributed by atoms with Crippen LogP contribution in [0.4, 0.5) is 0 Å². The van der Waals surface area contributed by atoms with Gasteiger partial charge in [-0.3, -0.25) is 0 Å². The first-order valence-corrected chi connectivity index (χ1v) is 5.84. The molecule has 3 rings (SSSR count). The summed E-state index contributed by atoms with van der Waals surface area (Å²) >= 11 is 0. The molecule has 2 heterocycles. The van der Waals surface area contributed by atoms with Gasteiger partial charge in [-0.25, -0.2) is 0 Å². The number of hydrogen-bond acceptors (Lipinski definition) is 4. The summed E-state index contributed by atoms with van der Waals surface area (Å²) < 4.78 is 22.1. The topological polar surface area (TPSA) is 40.2 Å². The van der Waals surface area contributed by atoms with Crippen molar-refractivity contribution < 1.29 is 18.9 Å². The second kappa shape index (κ2) is 4.74. The number of methoxy groups -OCH3 is 1. The fourth-order valence-corrected chi connectivity index (χ4v) is 2.13.